The van der Waals surface area contributed by atoms with Gasteiger partial charge in [0.2, 0.25) is 17.7 Å². The van der Waals surface area contributed by atoms with Crippen LogP contribution >= 0.6 is 34.2 Å². The van der Waals surface area contributed by atoms with Gasteiger partial charge < -0.3 is 17.8 Å². The van der Waals surface area contributed by atoms with Crippen LogP contribution in [-0.2, 0) is 0 Å². The maximum absolute atomic E-state index is 5.12. The fourth-order valence-electron chi connectivity index (χ4n) is 4.49. The first-order valence-electron chi connectivity index (χ1n) is 35.5. The maximum Gasteiger partial charge on any atom is 0.229 e. The molecule has 10 aromatic rings. The van der Waals surface area contributed by atoms with Gasteiger partial charge in [-0.3, -0.25) is 14.8 Å². The number of hydrogen-bond donors (Lipinski definition) is 2. The number of H-pyrrole nitrogens is 2. The van der Waals surface area contributed by atoms with Crippen molar-refractivity contribution >= 4 is 34.2 Å². The van der Waals surface area contributed by atoms with Crippen molar-refractivity contribution in [3.05, 3.63) is 159 Å². The van der Waals surface area contributed by atoms with Gasteiger partial charge in [0.15, 0.2) is 18.0 Å². The normalized spacial score (nSPS) is 9.06. The van der Waals surface area contributed by atoms with Gasteiger partial charge in [0, 0.05) is 60.6 Å². The number of nitrogens with zero attached hydrogens (tertiary/aromatic N) is 14. The van der Waals surface area contributed by atoms with Gasteiger partial charge in [-0.2, -0.15) is 46.3 Å². The minimum atomic E-state index is 0.339. The Morgan fingerprint density at radius 3 is 1.13 bits per heavy atom. The van der Waals surface area contributed by atoms with Gasteiger partial charge in [0.05, 0.1) is 35.6 Å². The molecule has 10 rings (SSSR count). The average molecular weight is 1440 g/mol. The number of aromatic nitrogens is 16. The van der Waals surface area contributed by atoms with Crippen molar-refractivity contribution in [2.75, 3.05) is 0 Å². The minimum Gasteiger partial charge on any atom is -0.473 e. The van der Waals surface area contributed by atoms with Crippen LogP contribution in [0, 0.1) is 58.3 Å². The minimum absolute atomic E-state index is 0.339. The molecular formula is C76H146N16O4S3. The highest BCUT2D eigenvalue weighted by Crippen LogP contribution is 2.16. The first-order chi connectivity index (χ1) is 46.7. The fraction of sp³-hybridized carbons (Fsp3) is 0.645. The molecule has 20 nitrogen and oxygen atoms in total. The molecule has 0 spiro atoms. The van der Waals surface area contributed by atoms with E-state index >= 15 is 0 Å². The van der Waals surface area contributed by atoms with E-state index < -0.39 is 0 Å². The lowest BCUT2D eigenvalue weighted by molar-refractivity contribution is 0.362. The highest BCUT2D eigenvalue weighted by Gasteiger charge is 2.08. The lowest BCUT2D eigenvalue weighted by Crippen LogP contribution is -1.99. The van der Waals surface area contributed by atoms with Gasteiger partial charge in [-0.15, -0.1) is 21.5 Å². The number of hydrogen-bond acceptors (Lipinski definition) is 20. The Hall–Kier alpha value is -6.85. The molecule has 99 heavy (non-hydrogen) atoms. The Kier molecular flexibility index (Phi) is 91.5. The van der Waals surface area contributed by atoms with Crippen molar-refractivity contribution in [3.63, 3.8) is 0 Å². The third kappa shape index (κ3) is 89.1. The van der Waals surface area contributed by atoms with E-state index in [4.69, 9.17) is 8.94 Å². The van der Waals surface area contributed by atoms with E-state index in [9.17, 15) is 0 Å². The molecule has 23 heteroatoms. The van der Waals surface area contributed by atoms with Gasteiger partial charge in [0.25, 0.3) is 0 Å². The number of aryl methyl sites for hydroxylation is 5. The van der Waals surface area contributed by atoms with Crippen LogP contribution < -0.4 is 0 Å². The molecule has 0 unspecified atom stereocenters. The lowest BCUT2D eigenvalue weighted by atomic mass is 10.1. The molecule has 0 aliphatic carbocycles. The lowest BCUT2D eigenvalue weighted by Gasteiger charge is -2.01. The molecule has 2 N–H and O–H groups in total. The van der Waals surface area contributed by atoms with Crippen LogP contribution in [-0.4, -0.2) is 80.0 Å². The van der Waals surface area contributed by atoms with E-state index in [1.165, 1.54) is 24.2 Å². The second-order valence-electron chi connectivity index (χ2n) is 23.8. The van der Waals surface area contributed by atoms with Crippen LogP contribution in [0.4, 0.5) is 0 Å². The van der Waals surface area contributed by atoms with E-state index in [0.29, 0.717) is 59.1 Å². The summed E-state index contributed by atoms with van der Waals surface area (Å²) in [5, 5.41) is 39.6. The monoisotopic (exact) mass is 1440 g/mol. The first kappa shape index (κ1) is 111. The van der Waals surface area contributed by atoms with Gasteiger partial charge >= 0.3 is 0 Å². The van der Waals surface area contributed by atoms with Crippen molar-refractivity contribution in [2.45, 2.75) is 306 Å². The van der Waals surface area contributed by atoms with Crippen molar-refractivity contribution in [3.8, 4) is 0 Å². The molecule has 0 aliphatic heterocycles. The Balaban J connectivity index is -0.000000126. The Morgan fingerprint density at radius 2 is 0.970 bits per heavy atom. The Morgan fingerprint density at radius 1 is 0.455 bits per heavy atom. The van der Waals surface area contributed by atoms with Crippen LogP contribution in [0.5, 0.6) is 0 Å². The molecule has 0 saturated heterocycles. The first-order valence-corrected chi connectivity index (χ1v) is 38.1. The number of nitrogens with one attached hydrogen (secondary N) is 2. The molecule has 0 atom stereocenters. The summed E-state index contributed by atoms with van der Waals surface area (Å²) in [6.45, 7) is 80.3. The zero-order chi connectivity index (χ0) is 78.7. The molecule has 0 amide bonds. The maximum atomic E-state index is 5.12. The third-order valence-electron chi connectivity index (χ3n) is 8.15. The number of rotatable bonds is 6. The molecule has 0 bridgehead atoms. The zero-order valence-corrected chi connectivity index (χ0v) is 72.2. The highest BCUT2D eigenvalue weighted by atomic mass is 32.1. The van der Waals surface area contributed by atoms with Crippen molar-refractivity contribution < 1.29 is 17.8 Å². The zero-order valence-electron chi connectivity index (χ0n) is 69.7. The highest BCUT2D eigenvalue weighted by molar-refractivity contribution is 7.07. The molecule has 0 aliphatic rings. The Labute approximate surface area is 617 Å². The topological polar surface area (TPSA) is 257 Å². The number of furan rings is 1. The van der Waals surface area contributed by atoms with Crippen LogP contribution in [0.3, 0.4) is 0 Å². The molecule has 572 valence electrons. The smallest absolute Gasteiger partial charge is 0.229 e. The summed E-state index contributed by atoms with van der Waals surface area (Å²) in [6, 6.07) is 10.1. The quantitative estimate of drug-likeness (QED) is 0.157. The van der Waals surface area contributed by atoms with E-state index in [1.807, 2.05) is 182 Å². The number of thiazole rings is 1. The van der Waals surface area contributed by atoms with Crippen LogP contribution in [0.1, 0.15) is 328 Å². The summed E-state index contributed by atoms with van der Waals surface area (Å²) >= 11 is 4.81. The Bertz CT molecular complexity index is 2460. The summed E-state index contributed by atoms with van der Waals surface area (Å²) in [5.41, 5.74) is 3.86. The van der Waals surface area contributed by atoms with Crippen LogP contribution in [0.2, 0.25) is 0 Å². The standard InChI is InChI=1S/2C6H11N3.2C6H10N2O.C6H10N2S.C6H10N2.C4H4O.C4H4S.4C4H10.C3H3NO.C3H3NS.5C2H6/c1-4(2)6-7-5(3)8-9-6;1-4(2)6-5(3)7-9-8-6;1-4(2)6-8-7-5(3)9-6;2*1-4(2)6-7-5(3)8-9-6;1-6(2)8-5-3-4-7-8;2*1-2-4-5-3-1;4*1-4(2)3;2*1-2-5-3-4-1;5*1-2/h2*4H,1-3H3,(H,7,8,9);3*4H,1-3H3;3-6H,1-2H3;2*1-4H;4*4H,1-3H3;2*1-3H;5*1-2H3. The summed E-state index contributed by atoms with van der Waals surface area (Å²) in [4.78, 5) is 19.7. The molecule has 10 aromatic heterocycles. The van der Waals surface area contributed by atoms with Gasteiger partial charge in [0.1, 0.15) is 22.9 Å². The predicted molar refractivity (Wildman–Crippen MR) is 428 cm³/mol. The van der Waals surface area contributed by atoms with E-state index in [0.717, 1.165) is 57.5 Å². The second kappa shape index (κ2) is 81.8. The molecule has 10 heterocycles. The van der Waals surface area contributed by atoms with E-state index in [1.54, 1.807) is 66.2 Å². The summed E-state index contributed by atoms with van der Waals surface area (Å²) in [6.07, 6.45) is 13.2. The summed E-state index contributed by atoms with van der Waals surface area (Å²) in [5.74, 6) is 10.9. The number of thiophene rings is 1. The molecule has 0 radical (unpaired) electrons. The molecule has 0 aromatic carbocycles. The third-order valence-corrected chi connectivity index (χ3v) is 10.4. The second-order valence-corrected chi connectivity index (χ2v) is 26.2. The van der Waals surface area contributed by atoms with E-state index in [2.05, 4.69) is 223 Å². The predicted octanol–water partition coefficient (Wildman–Crippen LogP) is 25.5. The molecule has 0 saturated carbocycles. The van der Waals surface area contributed by atoms with Crippen LogP contribution in [0.25, 0.3) is 0 Å². The van der Waals surface area contributed by atoms with Crippen LogP contribution in [0.15, 0.2) is 120 Å². The van der Waals surface area contributed by atoms with Gasteiger partial charge in [-0.05, 0) is 112 Å². The summed E-state index contributed by atoms with van der Waals surface area (Å²) < 4.78 is 25.0. The van der Waals surface area contributed by atoms with Crippen molar-refractivity contribution in [1.82, 2.24) is 80.0 Å². The SMILES string of the molecule is CC.CC.CC.CC.CC.CC(C)C.CC(C)C.CC(C)C.CC(C)C.CC(C)n1cccn1.Cc1n[nH]nc1C(C)C.Cc1nc(C(C)C)n[nH]1.Cc1nnc(C(C)C)o1.Cc1noc(C(C)C)n1.Cc1nsc(C(C)C)n1.c1ccoc1.c1ccsc1.c1cocn1.c1cscn1. The largest absolute Gasteiger partial charge is 0.473 e. The molecule has 0 fully saturated rings. The van der Waals surface area contributed by atoms with Gasteiger partial charge in [-0.1, -0.05) is 239 Å². The molecular weight excluding hydrogens is 1300 g/mol. The number of aromatic amines is 2. The van der Waals surface area contributed by atoms with Crippen molar-refractivity contribution in [2.24, 2.45) is 23.7 Å². The van der Waals surface area contributed by atoms with Crippen molar-refractivity contribution in [1.29, 1.82) is 0 Å². The summed E-state index contributed by atoms with van der Waals surface area (Å²) in [7, 11) is 0. The van der Waals surface area contributed by atoms with E-state index in [-0.39, 0.29) is 0 Å². The fourth-order valence-corrected chi connectivity index (χ4v) is 5.94. The van der Waals surface area contributed by atoms with Gasteiger partial charge in [-0.25, -0.2) is 15.0 Å². The average Bonchev–Trinajstić information content (AvgIpc) is 1.86. The number of oxazole rings is 1.